The molecule has 2 N–H and O–H groups in total. The maximum absolute atomic E-state index is 13.6. The third kappa shape index (κ3) is 5.55. The van der Waals surface area contributed by atoms with Gasteiger partial charge < -0.3 is 25.0 Å². The number of carbonyl (C=O) groups excluding carboxylic acids is 2. The second-order valence-corrected chi connectivity index (χ2v) is 11.3. The van der Waals surface area contributed by atoms with Gasteiger partial charge in [0.15, 0.2) is 0 Å². The van der Waals surface area contributed by atoms with Crippen LogP contribution in [0.25, 0.3) is 0 Å². The lowest BCUT2D eigenvalue weighted by Crippen LogP contribution is -2.55. The number of rotatable bonds is 10. The van der Waals surface area contributed by atoms with E-state index in [9.17, 15) is 14.7 Å². The third-order valence-corrected chi connectivity index (χ3v) is 8.90. The molecule has 1 heterocycles. The summed E-state index contributed by atoms with van der Waals surface area (Å²) in [6, 6.07) is 10.7. The van der Waals surface area contributed by atoms with Crippen molar-refractivity contribution in [1.82, 2.24) is 20.0 Å². The quantitative estimate of drug-likeness (QED) is 0.483. The Hall–Kier alpha value is -2.16. The average molecular weight is 501 g/mol. The first kappa shape index (κ1) is 26.9. The van der Waals surface area contributed by atoms with Crippen LogP contribution >= 0.6 is 0 Å². The molecule has 3 amide bonds. The van der Waals surface area contributed by atoms with Gasteiger partial charge in [-0.1, -0.05) is 30.3 Å². The van der Waals surface area contributed by atoms with Crippen molar-refractivity contribution in [2.45, 2.75) is 68.5 Å². The summed E-state index contributed by atoms with van der Waals surface area (Å²) in [6.45, 7) is 2.51. The molecule has 4 rings (SSSR count). The van der Waals surface area contributed by atoms with Crippen molar-refractivity contribution in [3.8, 4) is 0 Å². The van der Waals surface area contributed by atoms with E-state index in [-0.39, 0.29) is 35.7 Å². The van der Waals surface area contributed by atoms with E-state index in [0.717, 1.165) is 51.4 Å². The SMILES string of the molecule is COCCCN1C(=O)N(CC(=O)NCC2CCC(O)C2)CC12CCC(c1ccccc1)(N(C)C)CC2. The first-order valence-corrected chi connectivity index (χ1v) is 13.5. The highest BCUT2D eigenvalue weighted by atomic mass is 16.5. The highest BCUT2D eigenvalue weighted by Gasteiger charge is 2.54. The number of nitrogens with zero attached hydrogens (tertiary/aromatic N) is 3. The molecule has 1 saturated heterocycles. The van der Waals surface area contributed by atoms with E-state index in [1.807, 2.05) is 4.90 Å². The zero-order chi connectivity index (χ0) is 25.8. The molecule has 2 unspecified atom stereocenters. The molecule has 0 aromatic heterocycles. The van der Waals surface area contributed by atoms with E-state index in [4.69, 9.17) is 4.74 Å². The lowest BCUT2D eigenvalue weighted by atomic mass is 9.68. The Labute approximate surface area is 216 Å². The summed E-state index contributed by atoms with van der Waals surface area (Å²) in [5, 5.41) is 12.8. The molecule has 3 fully saturated rings. The molecule has 8 nitrogen and oxygen atoms in total. The lowest BCUT2D eigenvalue weighted by molar-refractivity contribution is -0.121. The van der Waals surface area contributed by atoms with E-state index in [2.05, 4.69) is 54.6 Å². The Kier molecular flexibility index (Phi) is 8.58. The molecule has 8 heteroatoms. The molecule has 1 aromatic rings. The number of amides is 3. The number of aliphatic hydroxyl groups excluding tert-OH is 1. The number of nitrogens with one attached hydrogen (secondary N) is 1. The van der Waals surface area contributed by atoms with Crippen LogP contribution in [0.15, 0.2) is 30.3 Å². The van der Waals surface area contributed by atoms with E-state index in [0.29, 0.717) is 32.2 Å². The van der Waals surface area contributed by atoms with Crippen molar-refractivity contribution in [2.24, 2.45) is 5.92 Å². The number of hydrogen-bond donors (Lipinski definition) is 2. The number of carbonyl (C=O) groups is 2. The summed E-state index contributed by atoms with van der Waals surface area (Å²) in [5.41, 5.74) is 1.02. The Morgan fingerprint density at radius 3 is 2.50 bits per heavy atom. The van der Waals surface area contributed by atoms with Crippen molar-refractivity contribution in [1.29, 1.82) is 0 Å². The molecule has 2 aliphatic carbocycles. The van der Waals surface area contributed by atoms with Crippen molar-refractivity contribution in [3.63, 3.8) is 0 Å². The van der Waals surface area contributed by atoms with Crippen LogP contribution in [0.5, 0.6) is 0 Å². The van der Waals surface area contributed by atoms with Gasteiger partial charge in [0.1, 0.15) is 6.54 Å². The van der Waals surface area contributed by atoms with Crippen LogP contribution in [0, 0.1) is 5.92 Å². The van der Waals surface area contributed by atoms with Crippen LogP contribution in [0.2, 0.25) is 0 Å². The molecular weight excluding hydrogens is 456 g/mol. The molecule has 0 bridgehead atoms. The standard InChI is InChI=1S/C28H44N4O4/c1-30(2)28(23-8-5-4-6-9-23)14-12-27(13-15-28)21-31(26(35)32(27)16-7-17-36-3)20-25(34)29-19-22-10-11-24(33)18-22/h4-6,8-9,22,24,33H,7,10-21H2,1-3H3,(H,29,34). The highest BCUT2D eigenvalue weighted by Crippen LogP contribution is 2.48. The molecule has 1 spiro atoms. The number of ether oxygens (including phenoxy) is 1. The van der Waals surface area contributed by atoms with Gasteiger partial charge in [-0.05, 0) is 76.9 Å². The van der Waals surface area contributed by atoms with E-state index in [1.54, 1.807) is 12.0 Å². The van der Waals surface area contributed by atoms with E-state index >= 15 is 0 Å². The van der Waals surface area contributed by atoms with Crippen molar-refractivity contribution >= 4 is 11.9 Å². The minimum Gasteiger partial charge on any atom is -0.393 e. The van der Waals surface area contributed by atoms with Gasteiger partial charge >= 0.3 is 6.03 Å². The molecule has 2 atom stereocenters. The molecule has 3 aliphatic rings. The fourth-order valence-electron chi connectivity index (χ4n) is 6.73. The zero-order valence-corrected chi connectivity index (χ0v) is 22.2. The second-order valence-electron chi connectivity index (χ2n) is 11.3. The van der Waals surface area contributed by atoms with Crippen LogP contribution in [0.3, 0.4) is 0 Å². The van der Waals surface area contributed by atoms with Crippen LogP contribution in [-0.4, -0.2) is 97.4 Å². The lowest BCUT2D eigenvalue weighted by Gasteiger charge is -2.51. The average Bonchev–Trinajstić information content (AvgIpc) is 3.40. The number of hydrogen-bond acceptors (Lipinski definition) is 5. The molecular formula is C28H44N4O4. The first-order valence-electron chi connectivity index (χ1n) is 13.5. The number of benzene rings is 1. The smallest absolute Gasteiger partial charge is 0.321 e. The van der Waals surface area contributed by atoms with Gasteiger partial charge in [-0.15, -0.1) is 0 Å². The van der Waals surface area contributed by atoms with Gasteiger partial charge in [-0.3, -0.25) is 9.69 Å². The Morgan fingerprint density at radius 1 is 1.17 bits per heavy atom. The normalized spacial score (nSPS) is 30.5. The zero-order valence-electron chi connectivity index (χ0n) is 22.2. The molecule has 1 aromatic carbocycles. The predicted molar refractivity (Wildman–Crippen MR) is 140 cm³/mol. The van der Waals surface area contributed by atoms with Gasteiger partial charge in [-0.2, -0.15) is 0 Å². The minimum atomic E-state index is -0.255. The maximum Gasteiger partial charge on any atom is 0.321 e. The molecule has 1 aliphatic heterocycles. The molecule has 0 radical (unpaired) electrons. The van der Waals surface area contributed by atoms with Crippen molar-refractivity contribution < 1.29 is 19.4 Å². The summed E-state index contributed by atoms with van der Waals surface area (Å²) in [4.78, 5) is 32.5. The second kappa shape index (κ2) is 11.5. The Bertz CT molecular complexity index is 885. The summed E-state index contributed by atoms with van der Waals surface area (Å²) < 4.78 is 5.27. The number of urea groups is 1. The van der Waals surface area contributed by atoms with Crippen molar-refractivity contribution in [3.05, 3.63) is 35.9 Å². The number of aliphatic hydroxyl groups is 1. The largest absolute Gasteiger partial charge is 0.393 e. The highest BCUT2D eigenvalue weighted by molar-refractivity contribution is 5.86. The van der Waals surface area contributed by atoms with Crippen molar-refractivity contribution in [2.75, 3.05) is 54.0 Å². The van der Waals surface area contributed by atoms with Crippen LogP contribution in [0.1, 0.15) is 56.9 Å². The van der Waals surface area contributed by atoms with Gasteiger partial charge in [-0.25, -0.2) is 4.79 Å². The molecule has 200 valence electrons. The summed E-state index contributed by atoms with van der Waals surface area (Å²) in [5.74, 6) is 0.215. The van der Waals surface area contributed by atoms with Gasteiger partial charge in [0, 0.05) is 38.9 Å². The van der Waals surface area contributed by atoms with Gasteiger partial charge in [0.2, 0.25) is 5.91 Å². The van der Waals surface area contributed by atoms with Crippen LogP contribution in [-0.2, 0) is 15.1 Å². The predicted octanol–water partition coefficient (Wildman–Crippen LogP) is 2.81. The van der Waals surface area contributed by atoms with E-state index < -0.39 is 0 Å². The van der Waals surface area contributed by atoms with Gasteiger partial charge in [0.25, 0.3) is 0 Å². The Morgan fingerprint density at radius 2 is 1.89 bits per heavy atom. The summed E-state index contributed by atoms with van der Waals surface area (Å²) in [7, 11) is 6.00. The Balaban J connectivity index is 1.45. The monoisotopic (exact) mass is 500 g/mol. The minimum absolute atomic E-state index is 0.0328. The topological polar surface area (TPSA) is 85.3 Å². The first-order chi connectivity index (χ1) is 17.3. The number of methoxy groups -OCH3 is 1. The molecule has 36 heavy (non-hydrogen) atoms. The third-order valence-electron chi connectivity index (χ3n) is 8.90. The van der Waals surface area contributed by atoms with Crippen LogP contribution in [0.4, 0.5) is 4.79 Å². The van der Waals surface area contributed by atoms with Crippen LogP contribution < -0.4 is 5.32 Å². The fourth-order valence-corrected chi connectivity index (χ4v) is 6.73. The fraction of sp³-hybridized carbons (Fsp3) is 0.714. The molecule has 2 saturated carbocycles. The van der Waals surface area contributed by atoms with Gasteiger partial charge in [0.05, 0.1) is 11.6 Å². The summed E-state index contributed by atoms with van der Waals surface area (Å²) >= 11 is 0. The summed E-state index contributed by atoms with van der Waals surface area (Å²) in [6.07, 6.45) is 6.75. The van der Waals surface area contributed by atoms with E-state index in [1.165, 1.54) is 5.56 Å². The maximum atomic E-state index is 13.6.